The number of imidazole rings is 1. The number of rotatable bonds is 8. The quantitative estimate of drug-likeness (QED) is 0.470. The molecule has 3 aromatic rings. The lowest BCUT2D eigenvalue weighted by atomic mass is 9.87. The Morgan fingerprint density at radius 1 is 1.32 bits per heavy atom. The van der Waals surface area contributed by atoms with Crippen molar-refractivity contribution in [3.8, 4) is 28.8 Å². The normalized spacial score (nSPS) is 13.7. The summed E-state index contributed by atoms with van der Waals surface area (Å²) in [6.07, 6.45) is 5.47. The van der Waals surface area contributed by atoms with E-state index in [1.807, 2.05) is 26.0 Å². The molecular formula is C25H26F2N4O3. The van der Waals surface area contributed by atoms with Gasteiger partial charge >= 0.3 is 6.61 Å². The molecule has 2 heterocycles. The second kappa shape index (κ2) is 8.93. The zero-order chi connectivity index (χ0) is 24.6. The minimum atomic E-state index is -3.11. The first-order chi connectivity index (χ1) is 16.1. The molecule has 0 radical (unpaired) electrons. The number of pyridine rings is 1. The lowest BCUT2D eigenvalue weighted by Crippen LogP contribution is -2.29. The van der Waals surface area contributed by atoms with E-state index in [2.05, 4.69) is 11.1 Å². The van der Waals surface area contributed by atoms with Crippen molar-refractivity contribution in [2.75, 3.05) is 20.7 Å². The van der Waals surface area contributed by atoms with E-state index < -0.39 is 17.9 Å². The summed E-state index contributed by atoms with van der Waals surface area (Å²) in [5, 5.41) is 9.43. The fourth-order valence-electron chi connectivity index (χ4n) is 3.91. The van der Waals surface area contributed by atoms with Crippen molar-refractivity contribution in [2.45, 2.75) is 38.7 Å². The number of methoxy groups -OCH3 is 1. The molecular weight excluding hydrogens is 442 g/mol. The van der Waals surface area contributed by atoms with Crippen molar-refractivity contribution in [3.63, 3.8) is 0 Å². The number of benzene rings is 1. The van der Waals surface area contributed by atoms with Gasteiger partial charge in [-0.3, -0.25) is 9.20 Å². The third kappa shape index (κ3) is 4.53. The van der Waals surface area contributed by atoms with Crippen molar-refractivity contribution in [2.24, 2.45) is 5.92 Å². The van der Waals surface area contributed by atoms with Crippen LogP contribution in [0.5, 0.6) is 11.5 Å². The number of ether oxygens (including phenoxy) is 2. The molecule has 0 bridgehead atoms. The zero-order valence-electron chi connectivity index (χ0n) is 19.5. The van der Waals surface area contributed by atoms with Gasteiger partial charge in [0.25, 0.3) is 5.91 Å². The van der Waals surface area contributed by atoms with Crippen molar-refractivity contribution in [3.05, 3.63) is 47.8 Å². The van der Waals surface area contributed by atoms with E-state index in [9.17, 15) is 18.8 Å². The second-order valence-electron chi connectivity index (χ2n) is 9.08. The molecule has 0 aliphatic heterocycles. The van der Waals surface area contributed by atoms with Crippen LogP contribution < -0.4 is 9.47 Å². The van der Waals surface area contributed by atoms with Crippen LogP contribution in [0.25, 0.3) is 16.9 Å². The van der Waals surface area contributed by atoms with Crippen molar-refractivity contribution in [1.29, 1.82) is 5.26 Å². The first kappa shape index (κ1) is 23.5. The van der Waals surface area contributed by atoms with Crippen LogP contribution in [-0.4, -0.2) is 47.5 Å². The maximum absolute atomic E-state index is 13.3. The highest BCUT2D eigenvalue weighted by Gasteiger charge is 2.30. The van der Waals surface area contributed by atoms with Crippen LogP contribution in [0.2, 0.25) is 0 Å². The van der Waals surface area contributed by atoms with Gasteiger partial charge in [-0.05, 0) is 62.4 Å². The zero-order valence-corrected chi connectivity index (χ0v) is 19.5. The topological polar surface area (TPSA) is 79.9 Å². The van der Waals surface area contributed by atoms with Crippen molar-refractivity contribution < 1.29 is 23.0 Å². The molecule has 1 fully saturated rings. The number of fused-ring (bicyclic) bond motifs is 1. The lowest BCUT2D eigenvalue weighted by Gasteiger charge is -2.21. The standard InChI is InChI=1S/C25H26F2N4O3/c1-25(2,14-28)17-7-8-31-18(12-29-21(31)11-17)16-9-19(33-4)22(20(10-16)34-24(26)27)23(32)30(3)13-15-5-6-15/h7-12,15,24H,5-6,13H2,1-4H3. The van der Waals surface area contributed by atoms with E-state index in [1.165, 1.54) is 18.1 Å². The number of alkyl halides is 2. The van der Waals surface area contributed by atoms with Crippen molar-refractivity contribution in [1.82, 2.24) is 14.3 Å². The first-order valence-corrected chi connectivity index (χ1v) is 11.0. The number of amides is 1. The summed E-state index contributed by atoms with van der Waals surface area (Å²) in [6, 6.07) is 8.92. The molecule has 178 valence electrons. The van der Waals surface area contributed by atoms with Crippen LogP contribution in [0.3, 0.4) is 0 Å². The Morgan fingerprint density at radius 3 is 2.65 bits per heavy atom. The molecule has 7 nitrogen and oxygen atoms in total. The molecule has 0 saturated heterocycles. The number of carbonyl (C=O) groups is 1. The summed E-state index contributed by atoms with van der Waals surface area (Å²) in [4.78, 5) is 19.1. The molecule has 2 aromatic heterocycles. The van der Waals surface area contributed by atoms with E-state index in [-0.39, 0.29) is 17.1 Å². The van der Waals surface area contributed by atoms with Gasteiger partial charge in [-0.15, -0.1) is 0 Å². The molecule has 4 rings (SSSR count). The van der Waals surface area contributed by atoms with E-state index in [0.29, 0.717) is 29.4 Å². The maximum Gasteiger partial charge on any atom is 0.387 e. The maximum atomic E-state index is 13.3. The first-order valence-electron chi connectivity index (χ1n) is 11.0. The van der Waals surface area contributed by atoms with Gasteiger partial charge in [0.15, 0.2) is 0 Å². The summed E-state index contributed by atoms with van der Waals surface area (Å²) in [5.74, 6) is -0.118. The molecule has 1 amide bonds. The summed E-state index contributed by atoms with van der Waals surface area (Å²) >= 11 is 0. The smallest absolute Gasteiger partial charge is 0.387 e. The predicted octanol–water partition coefficient (Wildman–Crippen LogP) is 4.89. The Morgan fingerprint density at radius 2 is 2.03 bits per heavy atom. The van der Waals surface area contributed by atoms with Gasteiger partial charge in [-0.1, -0.05) is 0 Å². The third-order valence-electron chi connectivity index (χ3n) is 6.10. The van der Waals surface area contributed by atoms with Crippen LogP contribution in [0, 0.1) is 17.2 Å². The van der Waals surface area contributed by atoms with E-state index >= 15 is 0 Å². The number of carbonyl (C=O) groups excluding carboxylic acids is 1. The largest absolute Gasteiger partial charge is 0.496 e. The van der Waals surface area contributed by atoms with E-state index in [0.717, 1.165) is 18.4 Å². The molecule has 0 spiro atoms. The van der Waals surface area contributed by atoms with Gasteiger partial charge in [0.05, 0.1) is 30.5 Å². The highest BCUT2D eigenvalue weighted by Crippen LogP contribution is 2.38. The molecule has 1 saturated carbocycles. The Kier molecular flexibility index (Phi) is 6.17. The van der Waals surface area contributed by atoms with Gasteiger partial charge in [0, 0.05) is 25.4 Å². The average Bonchev–Trinajstić information content (AvgIpc) is 3.52. The number of nitriles is 1. The van der Waals surface area contributed by atoms with Crippen LogP contribution in [0.15, 0.2) is 36.7 Å². The summed E-state index contributed by atoms with van der Waals surface area (Å²) in [7, 11) is 3.03. The summed E-state index contributed by atoms with van der Waals surface area (Å²) in [6.45, 7) is 1.07. The Bertz CT molecular complexity index is 1280. The monoisotopic (exact) mass is 468 g/mol. The van der Waals surface area contributed by atoms with Gasteiger partial charge < -0.3 is 14.4 Å². The fraction of sp³-hybridized carbons (Fsp3) is 0.400. The molecule has 0 N–H and O–H groups in total. The molecule has 9 heteroatoms. The Labute approximate surface area is 196 Å². The minimum Gasteiger partial charge on any atom is -0.496 e. The van der Waals surface area contributed by atoms with Gasteiger partial charge in [0.1, 0.15) is 22.7 Å². The molecule has 1 aliphatic rings. The molecule has 0 atom stereocenters. The predicted molar refractivity (Wildman–Crippen MR) is 122 cm³/mol. The van der Waals surface area contributed by atoms with Gasteiger partial charge in [-0.25, -0.2) is 4.98 Å². The number of aromatic nitrogens is 2. The molecule has 1 aliphatic carbocycles. The minimum absolute atomic E-state index is 0.0402. The number of hydrogen-bond acceptors (Lipinski definition) is 5. The van der Waals surface area contributed by atoms with Crippen LogP contribution >= 0.6 is 0 Å². The van der Waals surface area contributed by atoms with Gasteiger partial charge in [-0.2, -0.15) is 14.0 Å². The highest BCUT2D eigenvalue weighted by molar-refractivity contribution is 6.00. The lowest BCUT2D eigenvalue weighted by molar-refractivity contribution is -0.0503. The van der Waals surface area contributed by atoms with Crippen molar-refractivity contribution >= 4 is 11.6 Å². The fourth-order valence-corrected chi connectivity index (χ4v) is 3.91. The SMILES string of the molecule is COc1cc(-c2cnc3cc(C(C)(C)C#N)ccn23)cc(OC(F)F)c1C(=O)N(C)CC1CC1. The molecule has 1 aromatic carbocycles. The molecule has 0 unspecified atom stereocenters. The van der Waals surface area contributed by atoms with E-state index in [4.69, 9.17) is 9.47 Å². The number of hydrogen-bond donors (Lipinski definition) is 0. The third-order valence-corrected chi connectivity index (χ3v) is 6.10. The summed E-state index contributed by atoms with van der Waals surface area (Å²) < 4.78 is 38.6. The van der Waals surface area contributed by atoms with Crippen LogP contribution in [0.4, 0.5) is 8.78 Å². The number of nitrogens with zero attached hydrogens (tertiary/aromatic N) is 4. The van der Waals surface area contributed by atoms with Crippen LogP contribution in [-0.2, 0) is 5.41 Å². The summed E-state index contributed by atoms with van der Waals surface area (Å²) in [5.41, 5.74) is 1.76. The Balaban J connectivity index is 1.80. The van der Waals surface area contributed by atoms with Gasteiger partial charge in [0.2, 0.25) is 0 Å². The Hall–Kier alpha value is -3.67. The van der Waals surface area contributed by atoms with E-state index in [1.54, 1.807) is 29.9 Å². The second-order valence-corrected chi connectivity index (χ2v) is 9.08. The molecule has 34 heavy (non-hydrogen) atoms. The highest BCUT2D eigenvalue weighted by atomic mass is 19.3. The number of halogens is 2. The average molecular weight is 469 g/mol. The van der Waals surface area contributed by atoms with Crippen LogP contribution in [0.1, 0.15) is 42.6 Å².